The van der Waals surface area contributed by atoms with Crippen LogP contribution in [0.15, 0.2) is 0 Å². The molecule has 0 bridgehead atoms. The van der Waals surface area contributed by atoms with E-state index < -0.39 is 5.60 Å². The fraction of sp³-hybridized carbons (Fsp3) is 0.933. The number of hydrogen-bond donors (Lipinski definition) is 1. The van der Waals surface area contributed by atoms with Gasteiger partial charge in [0.05, 0.1) is 6.61 Å². The summed E-state index contributed by atoms with van der Waals surface area (Å²) < 4.78 is 20.8. The van der Waals surface area contributed by atoms with Crippen molar-refractivity contribution in [2.75, 3.05) is 46.8 Å². The molecule has 1 fully saturated rings. The average molecular weight is 303 g/mol. The summed E-state index contributed by atoms with van der Waals surface area (Å²) in [5.74, 6) is 0.0621. The van der Waals surface area contributed by atoms with Crippen molar-refractivity contribution < 1.29 is 23.7 Å². The summed E-state index contributed by atoms with van der Waals surface area (Å²) in [5, 5.41) is 3.31. The number of rotatable bonds is 10. The lowest BCUT2D eigenvalue weighted by atomic mass is 9.83. The first-order valence-corrected chi connectivity index (χ1v) is 7.63. The maximum absolute atomic E-state index is 11.8. The number of methoxy groups -OCH3 is 1. The summed E-state index contributed by atoms with van der Waals surface area (Å²) in [4.78, 5) is 11.8. The first-order chi connectivity index (χ1) is 10.1. The molecule has 0 radical (unpaired) electrons. The molecule has 0 spiro atoms. The number of esters is 1. The van der Waals surface area contributed by atoms with Gasteiger partial charge in [-0.05, 0) is 46.2 Å². The van der Waals surface area contributed by atoms with E-state index in [-0.39, 0.29) is 19.4 Å². The molecule has 0 amide bonds. The van der Waals surface area contributed by atoms with Crippen LogP contribution in [0.5, 0.6) is 0 Å². The van der Waals surface area contributed by atoms with Crippen molar-refractivity contribution in [3.63, 3.8) is 0 Å². The lowest BCUT2D eigenvalue weighted by molar-refractivity contribution is -0.172. The second kappa shape index (κ2) is 10.1. The standard InChI is InChI=1S/C15H29NO5/c1-15(2,13-5-7-16-8-6-13)21-14(17)11-20-12-19-10-4-9-18-3/h13,16H,4-12H2,1-3H3. The minimum atomic E-state index is -0.443. The lowest BCUT2D eigenvalue weighted by Gasteiger charge is -2.36. The van der Waals surface area contributed by atoms with Crippen molar-refractivity contribution >= 4 is 5.97 Å². The van der Waals surface area contributed by atoms with Gasteiger partial charge in [0.25, 0.3) is 0 Å². The van der Waals surface area contributed by atoms with Crippen molar-refractivity contribution in [1.82, 2.24) is 5.32 Å². The van der Waals surface area contributed by atoms with E-state index in [0.29, 0.717) is 19.1 Å². The Labute approximate surface area is 127 Å². The molecule has 0 saturated carbocycles. The zero-order chi connectivity index (χ0) is 15.6. The maximum Gasteiger partial charge on any atom is 0.332 e. The van der Waals surface area contributed by atoms with E-state index >= 15 is 0 Å². The van der Waals surface area contributed by atoms with E-state index in [2.05, 4.69) is 5.32 Å². The Hall–Kier alpha value is -0.690. The Morgan fingerprint density at radius 2 is 1.90 bits per heavy atom. The lowest BCUT2D eigenvalue weighted by Crippen LogP contribution is -2.43. The Balaban J connectivity index is 2.11. The molecule has 124 valence electrons. The van der Waals surface area contributed by atoms with Gasteiger partial charge in [-0.2, -0.15) is 0 Å². The topological polar surface area (TPSA) is 66.0 Å². The third kappa shape index (κ3) is 7.76. The SMILES string of the molecule is COCCCOCOCC(=O)OC(C)(C)C1CCNCC1. The van der Waals surface area contributed by atoms with E-state index in [4.69, 9.17) is 18.9 Å². The molecule has 0 aromatic carbocycles. The van der Waals surface area contributed by atoms with Crippen molar-refractivity contribution in [2.24, 2.45) is 5.92 Å². The number of carbonyl (C=O) groups excluding carboxylic acids is 1. The molecule has 1 aliphatic rings. The number of nitrogens with one attached hydrogen (secondary N) is 1. The molecule has 6 heteroatoms. The van der Waals surface area contributed by atoms with Gasteiger partial charge >= 0.3 is 5.97 Å². The Bertz CT molecular complexity index is 290. The second-order valence-electron chi connectivity index (χ2n) is 5.82. The van der Waals surface area contributed by atoms with E-state index in [0.717, 1.165) is 32.4 Å². The Morgan fingerprint density at radius 3 is 2.57 bits per heavy atom. The van der Waals surface area contributed by atoms with Crippen molar-refractivity contribution in [2.45, 2.75) is 38.7 Å². The van der Waals surface area contributed by atoms with Gasteiger partial charge < -0.3 is 24.3 Å². The van der Waals surface area contributed by atoms with Crippen LogP contribution in [0.3, 0.4) is 0 Å². The van der Waals surface area contributed by atoms with Gasteiger partial charge in [-0.3, -0.25) is 0 Å². The van der Waals surface area contributed by atoms with Crippen LogP contribution in [0.1, 0.15) is 33.1 Å². The van der Waals surface area contributed by atoms with E-state index in [1.54, 1.807) is 7.11 Å². The van der Waals surface area contributed by atoms with Crippen LogP contribution in [0.4, 0.5) is 0 Å². The highest BCUT2D eigenvalue weighted by atomic mass is 16.7. The summed E-state index contributed by atoms with van der Waals surface area (Å²) >= 11 is 0. The summed E-state index contributed by atoms with van der Waals surface area (Å²) in [5.41, 5.74) is -0.443. The van der Waals surface area contributed by atoms with Crippen LogP contribution in [-0.4, -0.2) is 58.4 Å². The first kappa shape index (κ1) is 18.4. The van der Waals surface area contributed by atoms with Gasteiger partial charge in [-0.25, -0.2) is 4.79 Å². The molecule has 0 atom stereocenters. The normalized spacial score (nSPS) is 16.9. The quantitative estimate of drug-likeness (QED) is 0.373. The van der Waals surface area contributed by atoms with Crippen molar-refractivity contribution in [3.05, 3.63) is 0 Å². The minimum absolute atomic E-state index is 0.0708. The largest absolute Gasteiger partial charge is 0.458 e. The first-order valence-electron chi connectivity index (χ1n) is 7.63. The van der Waals surface area contributed by atoms with Gasteiger partial charge in [-0.15, -0.1) is 0 Å². The molecule has 0 unspecified atom stereocenters. The highest BCUT2D eigenvalue weighted by Crippen LogP contribution is 2.28. The van der Waals surface area contributed by atoms with E-state index in [1.165, 1.54) is 0 Å². The fourth-order valence-electron chi connectivity index (χ4n) is 2.47. The van der Waals surface area contributed by atoms with Crippen molar-refractivity contribution in [1.29, 1.82) is 0 Å². The highest BCUT2D eigenvalue weighted by Gasteiger charge is 2.33. The Kier molecular flexibility index (Phi) is 8.84. The smallest absolute Gasteiger partial charge is 0.332 e. The van der Waals surface area contributed by atoms with Gasteiger partial charge in [0.15, 0.2) is 0 Å². The highest BCUT2D eigenvalue weighted by molar-refractivity contribution is 5.71. The Morgan fingerprint density at radius 1 is 1.19 bits per heavy atom. The monoisotopic (exact) mass is 303 g/mol. The number of hydrogen-bond acceptors (Lipinski definition) is 6. The summed E-state index contributed by atoms with van der Waals surface area (Å²) in [7, 11) is 1.65. The fourth-order valence-corrected chi connectivity index (χ4v) is 2.47. The molecule has 0 aromatic heterocycles. The molecule has 1 N–H and O–H groups in total. The maximum atomic E-state index is 11.8. The molecule has 0 aromatic rings. The van der Waals surface area contributed by atoms with Crippen LogP contribution in [-0.2, 0) is 23.7 Å². The van der Waals surface area contributed by atoms with Crippen LogP contribution in [0, 0.1) is 5.92 Å². The van der Waals surface area contributed by atoms with E-state index in [1.807, 2.05) is 13.8 Å². The third-order valence-electron chi connectivity index (χ3n) is 3.72. The molecular weight excluding hydrogens is 274 g/mol. The van der Waals surface area contributed by atoms with Gasteiger partial charge in [-0.1, -0.05) is 0 Å². The average Bonchev–Trinajstić information content (AvgIpc) is 2.47. The molecule has 1 heterocycles. The second-order valence-corrected chi connectivity index (χ2v) is 5.82. The molecular formula is C15H29NO5. The predicted molar refractivity (Wildman–Crippen MR) is 79.0 cm³/mol. The zero-order valence-corrected chi connectivity index (χ0v) is 13.5. The third-order valence-corrected chi connectivity index (χ3v) is 3.72. The molecule has 21 heavy (non-hydrogen) atoms. The van der Waals surface area contributed by atoms with E-state index in [9.17, 15) is 4.79 Å². The zero-order valence-electron chi connectivity index (χ0n) is 13.5. The van der Waals surface area contributed by atoms with Crippen LogP contribution >= 0.6 is 0 Å². The van der Waals surface area contributed by atoms with Gasteiger partial charge in [0, 0.05) is 19.6 Å². The molecule has 0 aliphatic carbocycles. The number of ether oxygens (including phenoxy) is 4. The van der Waals surface area contributed by atoms with Crippen LogP contribution in [0.2, 0.25) is 0 Å². The molecule has 1 aliphatic heterocycles. The molecule has 1 saturated heterocycles. The number of carbonyl (C=O) groups is 1. The van der Waals surface area contributed by atoms with Crippen LogP contribution in [0.25, 0.3) is 0 Å². The van der Waals surface area contributed by atoms with Gasteiger partial charge in [0.2, 0.25) is 0 Å². The summed E-state index contributed by atoms with van der Waals surface area (Å²) in [6, 6.07) is 0. The summed E-state index contributed by atoms with van der Waals surface area (Å²) in [6.07, 6.45) is 2.88. The van der Waals surface area contributed by atoms with Crippen molar-refractivity contribution in [3.8, 4) is 0 Å². The summed E-state index contributed by atoms with van der Waals surface area (Å²) in [6.45, 7) is 7.17. The van der Waals surface area contributed by atoms with Gasteiger partial charge in [0.1, 0.15) is 19.0 Å². The minimum Gasteiger partial charge on any atom is -0.458 e. The molecule has 6 nitrogen and oxygen atoms in total. The van der Waals surface area contributed by atoms with Crippen LogP contribution < -0.4 is 5.32 Å². The predicted octanol–water partition coefficient (Wildman–Crippen LogP) is 1.33. The molecule has 1 rings (SSSR count). The number of piperidine rings is 1.